The van der Waals surface area contributed by atoms with Crippen LogP contribution in [-0.2, 0) is 20.6 Å². The van der Waals surface area contributed by atoms with Gasteiger partial charge in [-0.2, -0.15) is 0 Å². The molecule has 1 aromatic carbocycles. The molecule has 0 heterocycles. The second kappa shape index (κ2) is 6.36. The fourth-order valence-corrected chi connectivity index (χ4v) is 2.55. The van der Waals surface area contributed by atoms with Gasteiger partial charge in [0.25, 0.3) is 0 Å². The number of nitrogens with two attached hydrogens (primary N) is 1. The molecule has 1 aromatic rings. The lowest BCUT2D eigenvalue weighted by Gasteiger charge is -2.08. The van der Waals surface area contributed by atoms with Crippen molar-refractivity contribution < 1.29 is 13.2 Å². The van der Waals surface area contributed by atoms with E-state index in [9.17, 15) is 13.2 Å². The molecule has 0 fully saturated rings. The number of hydrogen-bond donors (Lipinski definition) is 3. The van der Waals surface area contributed by atoms with E-state index in [-0.39, 0.29) is 24.7 Å². The van der Waals surface area contributed by atoms with E-state index >= 15 is 0 Å². The first kappa shape index (κ1) is 14.5. The first-order valence-electron chi connectivity index (χ1n) is 5.46. The molecule has 4 N–H and O–H groups in total. The summed E-state index contributed by atoms with van der Waals surface area (Å²) < 4.78 is 25.8. The van der Waals surface area contributed by atoms with Crippen molar-refractivity contribution in [3.05, 3.63) is 29.8 Å². The minimum atomic E-state index is -3.44. The van der Waals surface area contributed by atoms with Gasteiger partial charge in [-0.3, -0.25) is 4.79 Å². The van der Waals surface area contributed by atoms with Crippen molar-refractivity contribution >= 4 is 21.6 Å². The molecule has 1 rings (SSSR count). The van der Waals surface area contributed by atoms with Crippen LogP contribution in [0.1, 0.15) is 12.5 Å². The number of hydrogen-bond acceptors (Lipinski definition) is 4. The highest BCUT2D eigenvalue weighted by Gasteiger charge is 2.12. The summed E-state index contributed by atoms with van der Waals surface area (Å²) in [7, 11) is -3.44. The van der Waals surface area contributed by atoms with Crippen LogP contribution in [0, 0.1) is 0 Å². The van der Waals surface area contributed by atoms with Gasteiger partial charge in [0.2, 0.25) is 15.9 Å². The van der Waals surface area contributed by atoms with Gasteiger partial charge in [0.05, 0.1) is 5.75 Å². The van der Waals surface area contributed by atoms with Gasteiger partial charge >= 0.3 is 0 Å². The number of amides is 1. The first-order chi connectivity index (χ1) is 8.41. The fraction of sp³-hybridized carbons (Fsp3) is 0.364. The third-order valence-corrected chi connectivity index (χ3v) is 3.56. The minimum Gasteiger partial charge on any atom is -0.398 e. The van der Waals surface area contributed by atoms with Crippen LogP contribution in [0.2, 0.25) is 0 Å². The van der Waals surface area contributed by atoms with Crippen LogP contribution >= 0.6 is 0 Å². The fourth-order valence-electron chi connectivity index (χ4n) is 1.37. The van der Waals surface area contributed by atoms with Crippen molar-refractivity contribution in [2.45, 2.75) is 12.7 Å². The highest BCUT2D eigenvalue weighted by atomic mass is 32.2. The Morgan fingerprint density at radius 3 is 2.56 bits per heavy atom. The molecule has 100 valence electrons. The van der Waals surface area contributed by atoms with Gasteiger partial charge in [0.1, 0.15) is 0 Å². The van der Waals surface area contributed by atoms with Crippen molar-refractivity contribution in [2.24, 2.45) is 0 Å². The summed E-state index contributed by atoms with van der Waals surface area (Å²) in [6.07, 6.45) is 0. The molecule has 0 saturated carbocycles. The van der Waals surface area contributed by atoms with E-state index in [0.29, 0.717) is 11.3 Å². The van der Waals surface area contributed by atoms with Gasteiger partial charge in [-0.05, 0) is 11.6 Å². The van der Waals surface area contributed by atoms with Crippen molar-refractivity contribution in [2.75, 3.05) is 18.8 Å². The SMILES string of the molecule is CC(=O)NCCNS(=O)(=O)Cc1ccccc1N. The summed E-state index contributed by atoms with van der Waals surface area (Å²) in [6, 6.07) is 6.80. The normalized spacial score (nSPS) is 11.2. The van der Waals surface area contributed by atoms with Crippen molar-refractivity contribution in [3.63, 3.8) is 0 Å². The number of para-hydroxylation sites is 1. The molecule has 0 bridgehead atoms. The summed E-state index contributed by atoms with van der Waals surface area (Å²) in [4.78, 5) is 10.6. The lowest BCUT2D eigenvalue weighted by molar-refractivity contribution is -0.118. The lowest BCUT2D eigenvalue weighted by Crippen LogP contribution is -2.34. The predicted octanol–water partition coefficient (Wildman–Crippen LogP) is -0.176. The lowest BCUT2D eigenvalue weighted by atomic mass is 10.2. The van der Waals surface area contributed by atoms with Crippen LogP contribution in [0.3, 0.4) is 0 Å². The number of carbonyl (C=O) groups excluding carboxylic acids is 1. The van der Waals surface area contributed by atoms with Crippen LogP contribution in [0.25, 0.3) is 0 Å². The van der Waals surface area contributed by atoms with Crippen LogP contribution in [-0.4, -0.2) is 27.4 Å². The van der Waals surface area contributed by atoms with Crippen molar-refractivity contribution in [1.82, 2.24) is 10.0 Å². The molecule has 0 spiro atoms. The molecule has 1 amide bonds. The zero-order valence-electron chi connectivity index (χ0n) is 10.1. The van der Waals surface area contributed by atoms with E-state index in [0.717, 1.165) is 0 Å². The van der Waals surface area contributed by atoms with Crippen LogP contribution in [0.5, 0.6) is 0 Å². The standard InChI is InChI=1S/C11H17N3O3S/c1-9(15)13-6-7-14-18(16,17)8-10-4-2-3-5-11(10)12/h2-5,14H,6-8,12H2,1H3,(H,13,15). The van der Waals surface area contributed by atoms with Crippen LogP contribution in [0.15, 0.2) is 24.3 Å². The number of nitrogen functional groups attached to an aromatic ring is 1. The maximum absolute atomic E-state index is 11.7. The Morgan fingerprint density at radius 1 is 1.28 bits per heavy atom. The second-order valence-electron chi connectivity index (χ2n) is 3.84. The minimum absolute atomic E-state index is 0.161. The molecule has 0 unspecified atom stereocenters. The average molecular weight is 271 g/mol. The Labute approximate surface area is 107 Å². The van der Waals surface area contributed by atoms with E-state index in [4.69, 9.17) is 5.73 Å². The van der Waals surface area contributed by atoms with Gasteiger partial charge in [0, 0.05) is 25.7 Å². The quantitative estimate of drug-likeness (QED) is 0.493. The maximum atomic E-state index is 11.7. The summed E-state index contributed by atoms with van der Waals surface area (Å²) in [5.74, 6) is -0.360. The molecule has 0 aliphatic carbocycles. The molecule has 0 radical (unpaired) electrons. The van der Waals surface area contributed by atoms with E-state index in [1.54, 1.807) is 24.3 Å². The highest BCUT2D eigenvalue weighted by molar-refractivity contribution is 7.88. The van der Waals surface area contributed by atoms with Crippen LogP contribution in [0.4, 0.5) is 5.69 Å². The third kappa shape index (κ3) is 5.15. The van der Waals surface area contributed by atoms with E-state index in [1.165, 1.54) is 6.92 Å². The van der Waals surface area contributed by atoms with E-state index in [1.807, 2.05) is 0 Å². The van der Waals surface area contributed by atoms with Crippen LogP contribution < -0.4 is 15.8 Å². The molecular weight excluding hydrogens is 254 g/mol. The summed E-state index contributed by atoms with van der Waals surface area (Å²) in [5.41, 5.74) is 6.68. The van der Waals surface area contributed by atoms with Crippen molar-refractivity contribution in [3.8, 4) is 0 Å². The zero-order chi connectivity index (χ0) is 13.6. The Balaban J connectivity index is 2.50. The molecule has 0 aromatic heterocycles. The number of rotatable bonds is 6. The topological polar surface area (TPSA) is 101 Å². The maximum Gasteiger partial charge on any atom is 0.216 e. The van der Waals surface area contributed by atoms with Gasteiger partial charge in [-0.15, -0.1) is 0 Å². The molecule has 0 aliphatic rings. The Kier molecular flexibility index (Phi) is 5.11. The number of sulfonamides is 1. The number of carbonyl (C=O) groups is 1. The van der Waals surface area contributed by atoms with Gasteiger partial charge in [-0.25, -0.2) is 13.1 Å². The zero-order valence-corrected chi connectivity index (χ0v) is 11.0. The average Bonchev–Trinajstić information content (AvgIpc) is 2.27. The van der Waals surface area contributed by atoms with Crippen molar-refractivity contribution in [1.29, 1.82) is 0 Å². The predicted molar refractivity (Wildman–Crippen MR) is 70.2 cm³/mol. The molecule has 18 heavy (non-hydrogen) atoms. The van der Waals surface area contributed by atoms with E-state index in [2.05, 4.69) is 10.0 Å². The molecule has 7 heteroatoms. The summed E-state index contributed by atoms with van der Waals surface area (Å²) >= 11 is 0. The Hall–Kier alpha value is -1.60. The van der Waals surface area contributed by atoms with Gasteiger partial charge in [0.15, 0.2) is 0 Å². The largest absolute Gasteiger partial charge is 0.398 e. The summed E-state index contributed by atoms with van der Waals surface area (Å²) in [6.45, 7) is 1.80. The monoisotopic (exact) mass is 271 g/mol. The molecule has 6 nitrogen and oxygen atoms in total. The first-order valence-corrected chi connectivity index (χ1v) is 7.11. The molecule has 0 atom stereocenters. The molecular formula is C11H17N3O3S. The Morgan fingerprint density at radius 2 is 1.94 bits per heavy atom. The summed E-state index contributed by atoms with van der Waals surface area (Å²) in [5, 5.41) is 2.50. The van der Waals surface area contributed by atoms with E-state index < -0.39 is 10.0 Å². The number of anilines is 1. The van der Waals surface area contributed by atoms with Gasteiger partial charge in [-0.1, -0.05) is 18.2 Å². The smallest absolute Gasteiger partial charge is 0.216 e. The Bertz CT molecular complexity index is 514. The number of benzene rings is 1. The second-order valence-corrected chi connectivity index (χ2v) is 5.64. The molecule has 0 aliphatic heterocycles. The van der Waals surface area contributed by atoms with Gasteiger partial charge < -0.3 is 11.1 Å². The highest BCUT2D eigenvalue weighted by Crippen LogP contribution is 2.13. The molecule has 0 saturated heterocycles. The third-order valence-electron chi connectivity index (χ3n) is 2.22. The number of nitrogens with one attached hydrogen (secondary N) is 2.